The molecule has 1 heterocycles. The van der Waals surface area contributed by atoms with Crippen LogP contribution in [0.5, 0.6) is 11.5 Å². The molecule has 7 nitrogen and oxygen atoms in total. The third kappa shape index (κ3) is 4.84. The Bertz CT molecular complexity index is 1250. The molecule has 0 atom stereocenters. The van der Waals surface area contributed by atoms with Gasteiger partial charge in [0, 0.05) is 22.8 Å². The Morgan fingerprint density at radius 1 is 0.844 bits per heavy atom. The standard InChI is InChI=1S/C25H21N3O4/c1-31-21-9-3-2-8-20(21)28-25(30)18-11-13-19(14-12-18)27-23(29)16-32-22-10-4-6-17-7-5-15-26-24(17)22/h2-15H,16H2,1H3,(H,27,29)(H,28,30). The van der Waals surface area contributed by atoms with E-state index in [2.05, 4.69) is 15.6 Å². The number of hydrogen-bond donors (Lipinski definition) is 2. The molecule has 0 fully saturated rings. The van der Waals surface area contributed by atoms with Crippen LogP contribution in [0.25, 0.3) is 10.9 Å². The fourth-order valence-corrected chi connectivity index (χ4v) is 3.18. The van der Waals surface area contributed by atoms with Crippen molar-refractivity contribution in [2.45, 2.75) is 0 Å². The zero-order valence-electron chi connectivity index (χ0n) is 17.4. The van der Waals surface area contributed by atoms with Crippen LogP contribution in [0.1, 0.15) is 10.4 Å². The molecule has 0 aliphatic rings. The molecule has 4 aromatic rings. The molecule has 0 bridgehead atoms. The van der Waals surface area contributed by atoms with Crippen LogP contribution in [0.2, 0.25) is 0 Å². The fraction of sp³-hybridized carbons (Fsp3) is 0.0800. The summed E-state index contributed by atoms with van der Waals surface area (Å²) in [5.41, 5.74) is 2.29. The maximum absolute atomic E-state index is 12.5. The van der Waals surface area contributed by atoms with Crippen LogP contribution in [0.3, 0.4) is 0 Å². The van der Waals surface area contributed by atoms with Gasteiger partial charge in [-0.1, -0.05) is 30.3 Å². The zero-order valence-corrected chi connectivity index (χ0v) is 17.4. The lowest BCUT2D eigenvalue weighted by atomic mass is 10.2. The van der Waals surface area contributed by atoms with Gasteiger partial charge in [-0.25, -0.2) is 0 Å². The number of nitrogens with zero attached hydrogens (tertiary/aromatic N) is 1. The van der Waals surface area contributed by atoms with Crippen LogP contribution in [-0.2, 0) is 4.79 Å². The van der Waals surface area contributed by atoms with E-state index in [9.17, 15) is 9.59 Å². The van der Waals surface area contributed by atoms with Crippen LogP contribution < -0.4 is 20.1 Å². The quantitative estimate of drug-likeness (QED) is 0.453. The number of rotatable bonds is 7. The minimum absolute atomic E-state index is 0.161. The van der Waals surface area contributed by atoms with E-state index in [1.165, 1.54) is 0 Å². The van der Waals surface area contributed by atoms with Crippen LogP contribution >= 0.6 is 0 Å². The Labute approximate surface area is 185 Å². The summed E-state index contributed by atoms with van der Waals surface area (Å²) in [4.78, 5) is 29.1. The van der Waals surface area contributed by atoms with E-state index >= 15 is 0 Å². The van der Waals surface area contributed by atoms with Crippen LogP contribution in [0.4, 0.5) is 11.4 Å². The van der Waals surface area contributed by atoms with Crippen molar-refractivity contribution in [1.82, 2.24) is 4.98 Å². The second-order valence-electron chi connectivity index (χ2n) is 6.90. The molecule has 0 saturated carbocycles. The molecule has 0 radical (unpaired) electrons. The van der Waals surface area contributed by atoms with E-state index in [1.54, 1.807) is 55.8 Å². The lowest BCUT2D eigenvalue weighted by Crippen LogP contribution is -2.20. The van der Waals surface area contributed by atoms with Crippen molar-refractivity contribution in [2.75, 3.05) is 24.4 Å². The maximum Gasteiger partial charge on any atom is 0.262 e. The molecule has 160 valence electrons. The molecule has 4 rings (SSSR count). The number of anilines is 2. The Hall–Kier alpha value is -4.39. The highest BCUT2D eigenvalue weighted by Crippen LogP contribution is 2.24. The highest BCUT2D eigenvalue weighted by Gasteiger charge is 2.11. The summed E-state index contributed by atoms with van der Waals surface area (Å²) in [6, 6.07) is 23.1. The molecule has 2 amide bonds. The minimum Gasteiger partial charge on any atom is -0.495 e. The van der Waals surface area contributed by atoms with E-state index in [0.29, 0.717) is 34.0 Å². The molecular weight excluding hydrogens is 406 g/mol. The van der Waals surface area contributed by atoms with Gasteiger partial charge in [-0.05, 0) is 48.5 Å². The molecule has 0 spiro atoms. The second-order valence-corrected chi connectivity index (χ2v) is 6.90. The number of fused-ring (bicyclic) bond motifs is 1. The summed E-state index contributed by atoms with van der Waals surface area (Å²) in [6.07, 6.45) is 1.68. The smallest absolute Gasteiger partial charge is 0.262 e. The first kappa shape index (κ1) is 20.9. The normalized spacial score (nSPS) is 10.4. The molecule has 1 aromatic heterocycles. The SMILES string of the molecule is COc1ccccc1NC(=O)c1ccc(NC(=O)COc2cccc3cccnc23)cc1. The summed E-state index contributed by atoms with van der Waals surface area (Å²) < 4.78 is 10.9. The molecule has 32 heavy (non-hydrogen) atoms. The fourth-order valence-electron chi connectivity index (χ4n) is 3.18. The highest BCUT2D eigenvalue weighted by molar-refractivity contribution is 6.05. The number of aromatic nitrogens is 1. The van der Waals surface area contributed by atoms with Crippen molar-refractivity contribution in [3.8, 4) is 11.5 Å². The third-order valence-electron chi connectivity index (χ3n) is 4.74. The average Bonchev–Trinajstić information content (AvgIpc) is 2.83. The van der Waals surface area contributed by atoms with Gasteiger partial charge in [-0.3, -0.25) is 14.6 Å². The molecule has 7 heteroatoms. The maximum atomic E-state index is 12.5. The van der Waals surface area contributed by atoms with E-state index in [4.69, 9.17) is 9.47 Å². The Kier molecular flexibility index (Phi) is 6.27. The minimum atomic E-state index is -0.316. The summed E-state index contributed by atoms with van der Waals surface area (Å²) in [5, 5.41) is 6.51. The molecule has 0 unspecified atom stereocenters. The molecule has 0 saturated heterocycles. The molecule has 3 aromatic carbocycles. The van der Waals surface area contributed by atoms with Crippen molar-refractivity contribution in [1.29, 1.82) is 0 Å². The Morgan fingerprint density at radius 3 is 2.41 bits per heavy atom. The Balaban J connectivity index is 1.35. The highest BCUT2D eigenvalue weighted by atomic mass is 16.5. The van der Waals surface area contributed by atoms with E-state index in [0.717, 1.165) is 5.39 Å². The zero-order chi connectivity index (χ0) is 22.3. The largest absolute Gasteiger partial charge is 0.495 e. The van der Waals surface area contributed by atoms with E-state index in [-0.39, 0.29) is 18.4 Å². The van der Waals surface area contributed by atoms with E-state index < -0.39 is 0 Å². The van der Waals surface area contributed by atoms with Gasteiger partial charge in [-0.15, -0.1) is 0 Å². The lowest BCUT2D eigenvalue weighted by Gasteiger charge is -2.11. The van der Waals surface area contributed by atoms with Gasteiger partial charge in [0.05, 0.1) is 12.8 Å². The first-order valence-electron chi connectivity index (χ1n) is 9.95. The molecule has 0 aliphatic carbocycles. The topological polar surface area (TPSA) is 89.6 Å². The predicted octanol–water partition coefficient (Wildman–Crippen LogP) is 4.51. The van der Waals surface area contributed by atoms with Gasteiger partial charge in [0.1, 0.15) is 17.0 Å². The van der Waals surface area contributed by atoms with Crippen molar-refractivity contribution in [3.63, 3.8) is 0 Å². The Morgan fingerprint density at radius 2 is 1.59 bits per heavy atom. The number of para-hydroxylation sites is 3. The number of nitrogens with one attached hydrogen (secondary N) is 2. The molecule has 0 aliphatic heterocycles. The summed E-state index contributed by atoms with van der Waals surface area (Å²) in [7, 11) is 1.54. The first-order valence-corrected chi connectivity index (χ1v) is 9.95. The molecular formula is C25H21N3O4. The first-order chi connectivity index (χ1) is 15.6. The number of pyridine rings is 1. The van der Waals surface area contributed by atoms with Crippen LogP contribution in [0.15, 0.2) is 85.1 Å². The van der Waals surface area contributed by atoms with Gasteiger partial charge >= 0.3 is 0 Å². The van der Waals surface area contributed by atoms with Gasteiger partial charge in [0.2, 0.25) is 0 Å². The van der Waals surface area contributed by atoms with Crippen LogP contribution in [-0.4, -0.2) is 30.5 Å². The van der Waals surface area contributed by atoms with E-state index in [1.807, 2.05) is 36.4 Å². The number of hydrogen-bond acceptors (Lipinski definition) is 5. The third-order valence-corrected chi connectivity index (χ3v) is 4.74. The summed E-state index contributed by atoms with van der Waals surface area (Å²) in [5.74, 6) is 0.524. The van der Waals surface area contributed by atoms with Gasteiger partial charge in [0.25, 0.3) is 11.8 Å². The molecule has 2 N–H and O–H groups in total. The lowest BCUT2D eigenvalue weighted by molar-refractivity contribution is -0.118. The van der Waals surface area contributed by atoms with Crippen molar-refractivity contribution >= 4 is 34.1 Å². The second kappa shape index (κ2) is 9.61. The van der Waals surface area contributed by atoms with Crippen molar-refractivity contribution < 1.29 is 19.1 Å². The van der Waals surface area contributed by atoms with Gasteiger partial charge < -0.3 is 20.1 Å². The number of carbonyl (C=O) groups excluding carboxylic acids is 2. The number of carbonyl (C=O) groups is 2. The number of amides is 2. The summed E-state index contributed by atoms with van der Waals surface area (Å²) in [6.45, 7) is -0.161. The number of ether oxygens (including phenoxy) is 2. The monoisotopic (exact) mass is 427 g/mol. The number of methoxy groups -OCH3 is 1. The van der Waals surface area contributed by atoms with Gasteiger partial charge in [0.15, 0.2) is 6.61 Å². The summed E-state index contributed by atoms with van der Waals surface area (Å²) >= 11 is 0. The predicted molar refractivity (Wildman–Crippen MR) is 123 cm³/mol. The number of benzene rings is 3. The van der Waals surface area contributed by atoms with Crippen molar-refractivity contribution in [2.24, 2.45) is 0 Å². The van der Waals surface area contributed by atoms with Crippen molar-refractivity contribution in [3.05, 3.63) is 90.6 Å². The van der Waals surface area contributed by atoms with Crippen LogP contribution in [0, 0.1) is 0 Å². The van der Waals surface area contributed by atoms with Gasteiger partial charge in [-0.2, -0.15) is 0 Å². The average molecular weight is 427 g/mol.